The summed E-state index contributed by atoms with van der Waals surface area (Å²) in [6.45, 7) is 3.72. The highest BCUT2D eigenvalue weighted by molar-refractivity contribution is 7.92. The summed E-state index contributed by atoms with van der Waals surface area (Å²) >= 11 is 0. The van der Waals surface area contributed by atoms with Gasteiger partial charge in [-0.15, -0.1) is 0 Å². The van der Waals surface area contributed by atoms with E-state index in [4.69, 9.17) is 4.74 Å². The lowest BCUT2D eigenvalue weighted by molar-refractivity contribution is -0.121. The molecule has 0 bridgehead atoms. The predicted molar refractivity (Wildman–Crippen MR) is 105 cm³/mol. The predicted octanol–water partition coefficient (Wildman–Crippen LogP) is 2.19. The molecule has 148 valence electrons. The van der Waals surface area contributed by atoms with Gasteiger partial charge in [-0.3, -0.25) is 9.59 Å². The van der Waals surface area contributed by atoms with E-state index in [2.05, 4.69) is 10.6 Å². The van der Waals surface area contributed by atoms with E-state index < -0.39 is 15.1 Å². The summed E-state index contributed by atoms with van der Waals surface area (Å²) in [5.74, 6) is -0.265. The summed E-state index contributed by atoms with van der Waals surface area (Å²) in [7, 11) is -3.74. The monoisotopic (exact) mass is 402 g/mol. The SMILES string of the molecule is Cc1ccc(CNC(=O)C[C@@H](C)S(=O)(=O)c2ccc3c(c2)NC(=O)CO3)cc1. The lowest BCUT2D eigenvalue weighted by Crippen LogP contribution is -2.30. The van der Waals surface area contributed by atoms with Crippen LogP contribution < -0.4 is 15.4 Å². The maximum Gasteiger partial charge on any atom is 0.262 e. The highest BCUT2D eigenvalue weighted by atomic mass is 32.2. The summed E-state index contributed by atoms with van der Waals surface area (Å²) in [6.07, 6.45) is -0.159. The van der Waals surface area contributed by atoms with E-state index in [0.29, 0.717) is 18.0 Å². The maximum absolute atomic E-state index is 12.8. The fourth-order valence-electron chi connectivity index (χ4n) is 2.82. The molecule has 1 atom stereocenters. The normalized spacial score (nSPS) is 14.4. The summed E-state index contributed by atoms with van der Waals surface area (Å²) in [6, 6.07) is 12.0. The number of hydrogen-bond donors (Lipinski definition) is 2. The van der Waals surface area contributed by atoms with E-state index in [1.165, 1.54) is 25.1 Å². The summed E-state index contributed by atoms with van der Waals surface area (Å²) in [4.78, 5) is 23.7. The van der Waals surface area contributed by atoms with E-state index in [-0.39, 0.29) is 29.7 Å². The van der Waals surface area contributed by atoms with Crippen molar-refractivity contribution in [3.8, 4) is 5.75 Å². The number of hydrogen-bond acceptors (Lipinski definition) is 5. The molecule has 0 spiro atoms. The Kier molecular flexibility index (Phi) is 5.69. The van der Waals surface area contributed by atoms with Crippen LogP contribution >= 0.6 is 0 Å². The van der Waals surface area contributed by atoms with Crippen LogP contribution in [0.4, 0.5) is 5.69 Å². The number of amides is 2. The van der Waals surface area contributed by atoms with Crippen LogP contribution in [-0.2, 0) is 26.0 Å². The number of aryl methyl sites for hydroxylation is 1. The van der Waals surface area contributed by atoms with Gasteiger partial charge < -0.3 is 15.4 Å². The lowest BCUT2D eigenvalue weighted by Gasteiger charge is -2.19. The van der Waals surface area contributed by atoms with Crippen LogP contribution in [0.1, 0.15) is 24.5 Å². The Morgan fingerprint density at radius 2 is 1.93 bits per heavy atom. The molecule has 7 nitrogen and oxygen atoms in total. The summed E-state index contributed by atoms with van der Waals surface area (Å²) in [5, 5.41) is 4.42. The lowest BCUT2D eigenvalue weighted by atomic mass is 10.1. The second kappa shape index (κ2) is 8.02. The molecule has 0 unspecified atom stereocenters. The molecule has 2 N–H and O–H groups in total. The van der Waals surface area contributed by atoms with Gasteiger partial charge in [0, 0.05) is 13.0 Å². The van der Waals surface area contributed by atoms with Crippen LogP contribution in [0, 0.1) is 6.92 Å². The molecule has 0 aromatic heterocycles. The zero-order valence-electron chi connectivity index (χ0n) is 15.7. The van der Waals surface area contributed by atoms with Gasteiger partial charge in [-0.25, -0.2) is 8.42 Å². The molecule has 0 fully saturated rings. The number of anilines is 1. The topological polar surface area (TPSA) is 102 Å². The van der Waals surface area contributed by atoms with Gasteiger partial charge in [0.05, 0.1) is 15.8 Å². The van der Waals surface area contributed by atoms with Crippen molar-refractivity contribution in [1.29, 1.82) is 0 Å². The van der Waals surface area contributed by atoms with Crippen LogP contribution in [0.25, 0.3) is 0 Å². The van der Waals surface area contributed by atoms with Gasteiger partial charge in [-0.2, -0.15) is 0 Å². The van der Waals surface area contributed by atoms with Crippen molar-refractivity contribution in [3.05, 3.63) is 53.6 Å². The Bertz CT molecular complexity index is 1000. The average molecular weight is 402 g/mol. The molecule has 2 aromatic carbocycles. The number of nitrogens with one attached hydrogen (secondary N) is 2. The maximum atomic E-state index is 12.8. The summed E-state index contributed by atoms with van der Waals surface area (Å²) in [5.41, 5.74) is 2.38. The van der Waals surface area contributed by atoms with Gasteiger partial charge in [0.1, 0.15) is 5.75 Å². The van der Waals surface area contributed by atoms with Crippen LogP contribution in [-0.4, -0.2) is 32.1 Å². The fraction of sp³-hybridized carbons (Fsp3) is 0.300. The van der Waals surface area contributed by atoms with E-state index in [1.54, 1.807) is 0 Å². The standard InChI is InChI=1S/C20H22N2O5S/c1-13-3-5-15(6-4-13)11-21-19(23)9-14(2)28(25,26)16-7-8-18-17(10-16)22-20(24)12-27-18/h3-8,10,14H,9,11-12H2,1-2H3,(H,21,23)(H,22,24)/t14-/m1/s1. The first-order valence-corrected chi connectivity index (χ1v) is 10.4. The molecule has 8 heteroatoms. The minimum absolute atomic E-state index is 0.0379. The van der Waals surface area contributed by atoms with Gasteiger partial charge in [0.2, 0.25) is 5.91 Å². The molecule has 28 heavy (non-hydrogen) atoms. The highest BCUT2D eigenvalue weighted by Crippen LogP contribution is 2.31. The number of fused-ring (bicyclic) bond motifs is 1. The number of sulfone groups is 1. The zero-order valence-corrected chi connectivity index (χ0v) is 16.5. The van der Waals surface area contributed by atoms with Gasteiger partial charge in [-0.1, -0.05) is 29.8 Å². The van der Waals surface area contributed by atoms with E-state index in [1.807, 2.05) is 31.2 Å². The van der Waals surface area contributed by atoms with Crippen LogP contribution in [0.5, 0.6) is 5.75 Å². The molecule has 2 amide bonds. The highest BCUT2D eigenvalue weighted by Gasteiger charge is 2.27. The molecule has 1 aliphatic heterocycles. The molecular weight excluding hydrogens is 380 g/mol. The van der Waals surface area contributed by atoms with Crippen molar-refractivity contribution in [3.63, 3.8) is 0 Å². The van der Waals surface area contributed by atoms with Crippen molar-refractivity contribution in [2.24, 2.45) is 0 Å². The number of carbonyl (C=O) groups is 2. The summed E-state index contributed by atoms with van der Waals surface area (Å²) < 4.78 is 30.9. The molecular formula is C20H22N2O5S. The zero-order chi connectivity index (χ0) is 20.3. The van der Waals surface area contributed by atoms with Gasteiger partial charge >= 0.3 is 0 Å². The minimum atomic E-state index is -3.74. The third kappa shape index (κ3) is 4.51. The van der Waals surface area contributed by atoms with Crippen molar-refractivity contribution in [1.82, 2.24) is 5.32 Å². The third-order valence-electron chi connectivity index (χ3n) is 4.53. The first-order chi connectivity index (χ1) is 13.3. The number of benzene rings is 2. The molecule has 1 heterocycles. The molecule has 3 rings (SSSR count). The Hall–Kier alpha value is -2.87. The first-order valence-electron chi connectivity index (χ1n) is 8.88. The Balaban J connectivity index is 1.64. The van der Waals surface area contributed by atoms with Crippen LogP contribution in [0.2, 0.25) is 0 Å². The number of carbonyl (C=O) groups excluding carboxylic acids is 2. The van der Waals surface area contributed by atoms with Gasteiger partial charge in [0.25, 0.3) is 5.91 Å². The second-order valence-electron chi connectivity index (χ2n) is 6.82. The quantitative estimate of drug-likeness (QED) is 0.771. The molecule has 2 aromatic rings. The second-order valence-corrected chi connectivity index (χ2v) is 9.18. The van der Waals surface area contributed by atoms with Gasteiger partial charge in [-0.05, 0) is 37.6 Å². The largest absolute Gasteiger partial charge is 0.482 e. The van der Waals surface area contributed by atoms with E-state index in [0.717, 1.165) is 11.1 Å². The van der Waals surface area contributed by atoms with Crippen LogP contribution in [0.3, 0.4) is 0 Å². The van der Waals surface area contributed by atoms with Crippen molar-refractivity contribution < 1.29 is 22.7 Å². The van der Waals surface area contributed by atoms with Crippen LogP contribution in [0.15, 0.2) is 47.4 Å². The molecule has 1 aliphatic rings. The smallest absolute Gasteiger partial charge is 0.262 e. The number of rotatable bonds is 6. The average Bonchev–Trinajstić information content (AvgIpc) is 2.66. The molecule has 0 saturated heterocycles. The molecule has 0 saturated carbocycles. The van der Waals surface area contributed by atoms with E-state index >= 15 is 0 Å². The van der Waals surface area contributed by atoms with E-state index in [9.17, 15) is 18.0 Å². The van der Waals surface area contributed by atoms with Crippen molar-refractivity contribution >= 4 is 27.3 Å². The van der Waals surface area contributed by atoms with Crippen molar-refractivity contribution in [2.75, 3.05) is 11.9 Å². The Labute approximate surface area is 164 Å². The fourth-order valence-corrected chi connectivity index (χ4v) is 4.20. The molecule has 0 aliphatic carbocycles. The Morgan fingerprint density at radius 3 is 2.64 bits per heavy atom. The van der Waals surface area contributed by atoms with Gasteiger partial charge in [0.15, 0.2) is 16.4 Å². The van der Waals surface area contributed by atoms with Crippen molar-refractivity contribution in [2.45, 2.75) is 37.0 Å². The third-order valence-corrected chi connectivity index (χ3v) is 6.66. The number of ether oxygens (including phenoxy) is 1. The minimum Gasteiger partial charge on any atom is -0.482 e. The first kappa shape index (κ1) is 19.9. The molecule has 0 radical (unpaired) electrons. The Morgan fingerprint density at radius 1 is 1.21 bits per heavy atom.